The van der Waals surface area contributed by atoms with E-state index < -0.39 is 0 Å². The number of nitriles is 1. The Morgan fingerprint density at radius 1 is 1.25 bits per heavy atom. The minimum Gasteiger partial charge on any atom is -0.379 e. The Labute approximate surface area is 102 Å². The third kappa shape index (κ3) is 2.76. The van der Waals surface area contributed by atoms with Gasteiger partial charge in [-0.15, -0.1) is 11.3 Å². The zero-order chi connectivity index (χ0) is 12.0. The molecule has 1 heterocycles. The van der Waals surface area contributed by atoms with Crippen molar-refractivity contribution in [2.75, 3.05) is 12.4 Å². The molecule has 0 saturated heterocycles. The molecule has 0 aliphatic carbocycles. The maximum Gasteiger partial charge on any atom is 0.107 e. The quantitative estimate of drug-likeness (QED) is 0.811. The van der Waals surface area contributed by atoms with E-state index in [1.54, 1.807) is 11.3 Å². The van der Waals surface area contributed by atoms with Crippen LogP contribution in [0.1, 0.15) is 49.1 Å². The van der Waals surface area contributed by atoms with Gasteiger partial charge in [-0.2, -0.15) is 5.26 Å². The fraction of sp³-hybridized carbons (Fsp3) is 0.615. The first kappa shape index (κ1) is 13.1. The Kier molecular flexibility index (Phi) is 5.34. The number of hydrogen-bond acceptors (Lipinski definition) is 3. The van der Waals surface area contributed by atoms with Crippen LogP contribution in [-0.4, -0.2) is 7.05 Å². The third-order valence-electron chi connectivity index (χ3n) is 2.69. The highest BCUT2D eigenvalue weighted by Gasteiger charge is 2.15. The Hall–Kier alpha value is -1.01. The lowest BCUT2D eigenvalue weighted by Gasteiger charge is -2.02. The number of aryl methyl sites for hydroxylation is 1. The molecule has 16 heavy (non-hydrogen) atoms. The van der Waals surface area contributed by atoms with E-state index in [1.807, 2.05) is 7.05 Å². The highest BCUT2D eigenvalue weighted by atomic mass is 32.1. The molecule has 1 aromatic rings. The van der Waals surface area contributed by atoms with Crippen LogP contribution in [-0.2, 0) is 12.8 Å². The van der Waals surface area contributed by atoms with Crippen molar-refractivity contribution in [1.29, 1.82) is 5.26 Å². The summed E-state index contributed by atoms with van der Waals surface area (Å²) in [7, 11) is 1.89. The fourth-order valence-electron chi connectivity index (χ4n) is 1.85. The molecule has 1 rings (SSSR count). The van der Waals surface area contributed by atoms with Crippen molar-refractivity contribution in [2.45, 2.75) is 46.0 Å². The summed E-state index contributed by atoms with van der Waals surface area (Å²) in [5.41, 5.74) is 2.17. The molecule has 0 bridgehead atoms. The molecule has 0 spiro atoms. The molecule has 88 valence electrons. The molecule has 0 fully saturated rings. The van der Waals surface area contributed by atoms with Crippen molar-refractivity contribution in [2.24, 2.45) is 0 Å². The first-order valence-electron chi connectivity index (χ1n) is 6.00. The summed E-state index contributed by atoms with van der Waals surface area (Å²) in [4.78, 5) is 1.40. The van der Waals surface area contributed by atoms with Gasteiger partial charge in [0, 0.05) is 11.9 Å². The van der Waals surface area contributed by atoms with Crippen molar-refractivity contribution in [1.82, 2.24) is 0 Å². The maximum atomic E-state index is 9.23. The van der Waals surface area contributed by atoms with Crippen molar-refractivity contribution < 1.29 is 0 Å². The molecule has 0 aliphatic heterocycles. The molecule has 0 unspecified atom stereocenters. The lowest BCUT2D eigenvalue weighted by molar-refractivity contribution is 0.785. The Balaban J connectivity index is 3.06. The second-order valence-electron chi connectivity index (χ2n) is 3.92. The van der Waals surface area contributed by atoms with Gasteiger partial charge in [-0.05, 0) is 24.8 Å². The summed E-state index contributed by atoms with van der Waals surface area (Å²) < 4.78 is 0. The van der Waals surface area contributed by atoms with Crippen LogP contribution in [0.5, 0.6) is 0 Å². The highest BCUT2D eigenvalue weighted by molar-refractivity contribution is 7.16. The normalized spacial score (nSPS) is 10.1. The van der Waals surface area contributed by atoms with Crippen molar-refractivity contribution in [3.05, 3.63) is 16.0 Å². The number of thiophene rings is 1. The molecule has 3 heteroatoms. The van der Waals surface area contributed by atoms with Crippen LogP contribution in [0.4, 0.5) is 5.00 Å². The average Bonchev–Trinajstić information content (AvgIpc) is 2.64. The number of rotatable bonds is 6. The zero-order valence-corrected chi connectivity index (χ0v) is 11.2. The summed E-state index contributed by atoms with van der Waals surface area (Å²) >= 11 is 1.75. The molecule has 0 radical (unpaired) electrons. The first-order chi connectivity index (χ1) is 7.78. The van der Waals surface area contributed by atoms with Gasteiger partial charge in [0.05, 0.1) is 5.56 Å². The summed E-state index contributed by atoms with van der Waals surface area (Å²) in [5, 5.41) is 13.4. The largest absolute Gasteiger partial charge is 0.379 e. The molecular weight excluding hydrogens is 216 g/mol. The van der Waals surface area contributed by atoms with Crippen LogP contribution in [0.2, 0.25) is 0 Å². The first-order valence-corrected chi connectivity index (χ1v) is 6.82. The summed E-state index contributed by atoms with van der Waals surface area (Å²) in [6.45, 7) is 4.38. The number of nitrogens with zero attached hydrogens (tertiary/aromatic N) is 1. The fourth-order valence-corrected chi connectivity index (χ4v) is 3.11. The number of anilines is 1. The second-order valence-corrected chi connectivity index (χ2v) is 5.03. The monoisotopic (exact) mass is 236 g/mol. The van der Waals surface area contributed by atoms with Gasteiger partial charge in [-0.3, -0.25) is 0 Å². The van der Waals surface area contributed by atoms with E-state index in [-0.39, 0.29) is 0 Å². The van der Waals surface area contributed by atoms with Crippen LogP contribution in [0, 0.1) is 11.3 Å². The van der Waals surface area contributed by atoms with Gasteiger partial charge in [0.1, 0.15) is 11.1 Å². The maximum absolute atomic E-state index is 9.23. The highest BCUT2D eigenvalue weighted by Crippen LogP contribution is 2.34. The smallest absolute Gasteiger partial charge is 0.107 e. The van der Waals surface area contributed by atoms with E-state index in [9.17, 15) is 5.26 Å². The van der Waals surface area contributed by atoms with Gasteiger partial charge in [0.25, 0.3) is 0 Å². The minimum atomic E-state index is 0.879. The molecule has 0 aliphatic rings. The Morgan fingerprint density at radius 2 is 2.00 bits per heavy atom. The summed E-state index contributed by atoms with van der Waals surface area (Å²) in [6, 6.07) is 2.35. The predicted octanol–water partition coefficient (Wildman–Crippen LogP) is 3.96. The van der Waals surface area contributed by atoms with E-state index in [1.165, 1.54) is 23.3 Å². The molecular formula is C13H20N2S. The third-order valence-corrected chi connectivity index (χ3v) is 4.00. The van der Waals surface area contributed by atoms with Crippen LogP contribution in [0.15, 0.2) is 0 Å². The molecule has 0 aromatic carbocycles. The van der Waals surface area contributed by atoms with E-state index in [0.29, 0.717) is 0 Å². The van der Waals surface area contributed by atoms with Gasteiger partial charge < -0.3 is 5.32 Å². The van der Waals surface area contributed by atoms with E-state index >= 15 is 0 Å². The predicted molar refractivity (Wildman–Crippen MR) is 71.2 cm³/mol. The van der Waals surface area contributed by atoms with E-state index in [4.69, 9.17) is 0 Å². The van der Waals surface area contributed by atoms with E-state index in [2.05, 4.69) is 25.2 Å². The zero-order valence-electron chi connectivity index (χ0n) is 10.4. The molecule has 1 aromatic heterocycles. The van der Waals surface area contributed by atoms with Gasteiger partial charge in [0.2, 0.25) is 0 Å². The van der Waals surface area contributed by atoms with Crippen molar-refractivity contribution >= 4 is 16.3 Å². The standard InChI is InChI=1S/C13H20N2S/c1-4-6-8-10-11(9-14)13(15-3)16-12(10)7-5-2/h15H,4-8H2,1-3H3. The second kappa shape index (κ2) is 6.55. The Morgan fingerprint density at radius 3 is 2.50 bits per heavy atom. The molecule has 1 N–H and O–H groups in total. The number of nitrogens with one attached hydrogen (secondary N) is 1. The summed E-state index contributed by atoms with van der Waals surface area (Å²) in [5.74, 6) is 0. The van der Waals surface area contributed by atoms with Crippen molar-refractivity contribution in [3.63, 3.8) is 0 Å². The molecule has 0 saturated carbocycles. The van der Waals surface area contributed by atoms with Crippen LogP contribution in [0.3, 0.4) is 0 Å². The lowest BCUT2D eigenvalue weighted by atomic mass is 10.0. The van der Waals surface area contributed by atoms with Crippen molar-refractivity contribution in [3.8, 4) is 6.07 Å². The van der Waals surface area contributed by atoms with Crippen LogP contribution >= 0.6 is 11.3 Å². The topological polar surface area (TPSA) is 35.8 Å². The Bertz CT molecular complexity index is 374. The average molecular weight is 236 g/mol. The van der Waals surface area contributed by atoms with E-state index in [0.717, 1.165) is 29.8 Å². The molecule has 0 atom stereocenters. The van der Waals surface area contributed by atoms with Gasteiger partial charge >= 0.3 is 0 Å². The summed E-state index contributed by atoms with van der Waals surface area (Å²) in [6.07, 6.45) is 5.65. The lowest BCUT2D eigenvalue weighted by Crippen LogP contribution is -1.93. The number of hydrogen-bond donors (Lipinski definition) is 1. The SMILES string of the molecule is CCCCc1c(CCC)sc(NC)c1C#N. The van der Waals surface area contributed by atoms with Crippen LogP contribution < -0.4 is 5.32 Å². The van der Waals surface area contributed by atoms with Gasteiger partial charge in [-0.1, -0.05) is 26.7 Å². The van der Waals surface area contributed by atoms with Gasteiger partial charge in [-0.25, -0.2) is 0 Å². The van der Waals surface area contributed by atoms with Crippen LogP contribution in [0.25, 0.3) is 0 Å². The number of unbranched alkanes of at least 4 members (excludes halogenated alkanes) is 1. The van der Waals surface area contributed by atoms with Gasteiger partial charge in [0.15, 0.2) is 0 Å². The molecule has 0 amide bonds. The molecule has 2 nitrogen and oxygen atoms in total. The minimum absolute atomic E-state index is 0.879.